The van der Waals surface area contributed by atoms with Crippen LogP contribution in [0.3, 0.4) is 0 Å². The van der Waals surface area contributed by atoms with Gasteiger partial charge in [-0.15, -0.1) is 44.6 Å². The Morgan fingerprint density at radius 3 is 1.59 bits per heavy atom. The number of halogens is 2. The Hall–Kier alpha value is -1.27. The quantitative estimate of drug-likeness (QED) is 0.375. The van der Waals surface area contributed by atoms with E-state index in [-0.39, 0.29) is 24.8 Å². The van der Waals surface area contributed by atoms with E-state index in [0.717, 1.165) is 12.8 Å². The Kier molecular flexibility index (Phi) is 14.9. The Bertz CT molecular complexity index is 803. The molecule has 0 aromatic heterocycles. The van der Waals surface area contributed by atoms with Gasteiger partial charge in [-0.05, 0) is 0 Å². The molecule has 0 nitrogen and oxygen atoms in total. The van der Waals surface area contributed by atoms with Gasteiger partial charge in [0.2, 0.25) is 0 Å². The molecule has 0 heterocycles. The summed E-state index contributed by atoms with van der Waals surface area (Å²) < 4.78 is 1.42. The van der Waals surface area contributed by atoms with E-state index in [1.807, 2.05) is 12.2 Å². The summed E-state index contributed by atoms with van der Waals surface area (Å²) in [6.45, 7) is 6.44. The summed E-state index contributed by atoms with van der Waals surface area (Å²) in [6.07, 6.45) is 14.3. The number of allylic oxidation sites excluding steroid dienone is 8. The third kappa shape index (κ3) is 9.86. The molecule has 0 amide bonds. The fourth-order valence-corrected chi connectivity index (χ4v) is 3.39. The Balaban J connectivity index is 0.000000445. The summed E-state index contributed by atoms with van der Waals surface area (Å²) in [7, 11) is 0. The molecule has 4 rings (SSSR count). The third-order valence-electron chi connectivity index (χ3n) is 4.53. The van der Waals surface area contributed by atoms with Crippen LogP contribution in [0.5, 0.6) is 0 Å². The molecule has 0 bridgehead atoms. The molecule has 2 aromatic rings. The molecule has 2 aliphatic carbocycles. The molecule has 0 saturated carbocycles. The van der Waals surface area contributed by atoms with Crippen molar-refractivity contribution in [2.24, 2.45) is 0 Å². The Morgan fingerprint density at radius 1 is 0.828 bits per heavy atom. The number of benzene rings is 2. The van der Waals surface area contributed by atoms with Crippen LogP contribution in [-0.4, -0.2) is 3.21 Å². The van der Waals surface area contributed by atoms with Crippen molar-refractivity contribution in [2.75, 3.05) is 0 Å². The van der Waals surface area contributed by atoms with Crippen LogP contribution in [-0.2, 0) is 24.2 Å². The maximum atomic E-state index is 3.26. The van der Waals surface area contributed by atoms with E-state index in [1.54, 1.807) is 0 Å². The molecule has 0 saturated heterocycles. The van der Waals surface area contributed by atoms with Gasteiger partial charge < -0.3 is 0 Å². The first kappa shape index (κ1) is 27.7. The predicted octanol–water partition coefficient (Wildman–Crippen LogP) is 7.43. The zero-order valence-electron chi connectivity index (χ0n) is 17.2. The van der Waals surface area contributed by atoms with E-state index in [0.29, 0.717) is 0 Å². The first-order valence-electron chi connectivity index (χ1n) is 9.25. The fraction of sp³-hybridized carbons (Fsp3) is 0.192. The summed E-state index contributed by atoms with van der Waals surface area (Å²) in [5, 5.41) is 0. The van der Waals surface area contributed by atoms with Gasteiger partial charge in [0.1, 0.15) is 0 Å². The average Bonchev–Trinajstić information content (AvgIpc) is 3.40. The molecule has 0 atom stereocenters. The number of hydrogen-bond acceptors (Lipinski definition) is 0. The van der Waals surface area contributed by atoms with E-state index >= 15 is 0 Å². The van der Waals surface area contributed by atoms with E-state index < -0.39 is 0 Å². The summed E-state index contributed by atoms with van der Waals surface area (Å²) in [5.41, 5.74) is 6.91. The van der Waals surface area contributed by atoms with Gasteiger partial charge in [-0.3, -0.25) is 12.2 Å². The minimum absolute atomic E-state index is 0. The molecular weight excluding hydrogens is 474 g/mol. The first-order valence-corrected chi connectivity index (χ1v) is 10.5. The zero-order valence-corrected chi connectivity index (χ0v) is 21.3. The molecule has 0 fully saturated rings. The summed E-state index contributed by atoms with van der Waals surface area (Å²) >= 11 is 1.46. The van der Waals surface area contributed by atoms with Crippen LogP contribution in [0.25, 0.3) is 0 Å². The van der Waals surface area contributed by atoms with E-state index in [1.165, 1.54) is 55.3 Å². The van der Waals surface area contributed by atoms with Gasteiger partial charge in [0.25, 0.3) is 0 Å². The zero-order chi connectivity index (χ0) is 19.5. The summed E-state index contributed by atoms with van der Waals surface area (Å²) in [4.78, 5) is 0. The van der Waals surface area contributed by atoms with Gasteiger partial charge in [0.15, 0.2) is 0 Å². The van der Waals surface area contributed by atoms with E-state index in [2.05, 4.69) is 99.7 Å². The fourth-order valence-electron chi connectivity index (χ4n) is 2.57. The van der Waals surface area contributed by atoms with E-state index in [9.17, 15) is 0 Å². The second kappa shape index (κ2) is 15.6. The van der Waals surface area contributed by atoms with Gasteiger partial charge in [-0.25, -0.2) is 17.7 Å². The van der Waals surface area contributed by atoms with Gasteiger partial charge in [0.05, 0.1) is 0 Å². The van der Waals surface area contributed by atoms with Crippen LogP contribution in [0, 0.1) is 12.2 Å². The Labute approximate surface area is 203 Å². The van der Waals surface area contributed by atoms with Crippen LogP contribution < -0.4 is 0 Å². The van der Waals surface area contributed by atoms with Crippen molar-refractivity contribution >= 4 is 28.0 Å². The molecule has 29 heavy (non-hydrogen) atoms. The van der Waals surface area contributed by atoms with Crippen molar-refractivity contribution in [2.45, 2.75) is 33.6 Å². The molecular formula is C26H28Cl2Zr. The molecule has 0 unspecified atom stereocenters. The molecule has 0 radical (unpaired) electrons. The predicted molar refractivity (Wildman–Crippen MR) is 128 cm³/mol. The van der Waals surface area contributed by atoms with Crippen molar-refractivity contribution in [3.05, 3.63) is 119 Å². The van der Waals surface area contributed by atoms with Gasteiger partial charge in [-0.2, -0.15) is 17.2 Å². The van der Waals surface area contributed by atoms with Gasteiger partial charge >= 0.3 is 99.2 Å². The summed E-state index contributed by atoms with van der Waals surface area (Å²) in [6, 6.07) is 21.1. The van der Waals surface area contributed by atoms with Gasteiger partial charge in [0, 0.05) is 0 Å². The van der Waals surface area contributed by atoms with Crippen LogP contribution in [0.1, 0.15) is 44.7 Å². The van der Waals surface area contributed by atoms with Crippen molar-refractivity contribution in [3.8, 4) is 0 Å². The van der Waals surface area contributed by atoms with E-state index in [4.69, 9.17) is 0 Å². The molecule has 2 aliphatic rings. The number of rotatable bonds is 2. The molecule has 2 aromatic carbocycles. The second-order valence-electron chi connectivity index (χ2n) is 6.49. The van der Waals surface area contributed by atoms with Crippen LogP contribution in [0.15, 0.2) is 95.6 Å². The average molecular weight is 503 g/mol. The molecule has 150 valence electrons. The van der Waals surface area contributed by atoms with Crippen LogP contribution in [0.2, 0.25) is 0 Å². The molecule has 0 aliphatic heterocycles. The van der Waals surface area contributed by atoms with Crippen molar-refractivity contribution in [1.29, 1.82) is 0 Å². The first-order chi connectivity index (χ1) is 13.1. The number of hydrogen-bond donors (Lipinski definition) is 0. The van der Waals surface area contributed by atoms with Crippen molar-refractivity contribution < 1.29 is 24.2 Å². The maximum absolute atomic E-state index is 3.26. The standard InChI is InChI=1S/C13H10.C8H11.C5H5.2ClH.Zr/c1-3-7-12(8-4-1)11-13-9-5-2-6-10-13;1-6-4-5-7(2)8(6)3;1-2-4-5-3-1;;;/h1-10H;4H2,1-3H3;1-3H,4H2;2*1H;/q;2*-1;;;+2. The van der Waals surface area contributed by atoms with Gasteiger partial charge in [-0.1, -0.05) is 13.8 Å². The second-order valence-corrected chi connectivity index (χ2v) is 7.72. The van der Waals surface area contributed by atoms with Crippen molar-refractivity contribution in [1.82, 2.24) is 0 Å². The molecule has 3 heteroatoms. The minimum atomic E-state index is 0. The Morgan fingerprint density at radius 2 is 1.34 bits per heavy atom. The normalized spacial score (nSPS) is 13.2. The topological polar surface area (TPSA) is 0 Å². The monoisotopic (exact) mass is 500 g/mol. The molecule has 0 spiro atoms. The SMILES string of the molecule is CC1=[C-]CC(C)=C1C.Cl.Cl.[C-]1=CC=CC1.[Zr+2]=[C](c1ccccc1)c1ccccc1. The molecule has 0 N–H and O–H groups in total. The van der Waals surface area contributed by atoms with Crippen molar-refractivity contribution in [3.63, 3.8) is 0 Å². The van der Waals surface area contributed by atoms with Crippen LogP contribution in [0.4, 0.5) is 0 Å². The third-order valence-corrected chi connectivity index (χ3v) is 5.95. The van der Waals surface area contributed by atoms with Crippen LogP contribution >= 0.6 is 24.8 Å². The summed E-state index contributed by atoms with van der Waals surface area (Å²) in [5.74, 6) is 0.